The van der Waals surface area contributed by atoms with E-state index in [-0.39, 0.29) is 10.8 Å². The smallest absolute Gasteiger partial charge is 0.403 e. The van der Waals surface area contributed by atoms with Gasteiger partial charge in [0.15, 0.2) is 5.75 Å². The van der Waals surface area contributed by atoms with E-state index in [2.05, 4.69) is 4.52 Å². The molecular weight excluding hydrogens is 216 g/mol. The minimum Gasteiger partial charge on any atom is -0.403 e. The third-order valence-corrected chi connectivity index (χ3v) is 1.92. The molecular formula is C6H7ClNO4P. The first-order valence-electron chi connectivity index (χ1n) is 3.18. The summed E-state index contributed by atoms with van der Waals surface area (Å²) < 4.78 is 14.7. The molecule has 0 bridgehead atoms. The molecule has 1 rings (SSSR count). The van der Waals surface area contributed by atoms with E-state index in [1.807, 2.05) is 0 Å². The van der Waals surface area contributed by atoms with Crippen LogP contribution in [0.5, 0.6) is 5.75 Å². The third-order valence-electron chi connectivity index (χ3n) is 1.17. The minimum atomic E-state index is -4.57. The van der Waals surface area contributed by atoms with Gasteiger partial charge in [-0.25, -0.2) is 4.57 Å². The molecule has 13 heavy (non-hydrogen) atoms. The maximum absolute atomic E-state index is 10.4. The molecule has 0 unspecified atom stereocenters. The number of benzene rings is 1. The van der Waals surface area contributed by atoms with Gasteiger partial charge in [0, 0.05) is 11.8 Å². The largest absolute Gasteiger partial charge is 0.524 e. The summed E-state index contributed by atoms with van der Waals surface area (Å²) in [6.07, 6.45) is 0. The van der Waals surface area contributed by atoms with E-state index in [0.717, 1.165) is 0 Å². The number of hydrogen-bond acceptors (Lipinski definition) is 3. The highest BCUT2D eigenvalue weighted by atomic mass is 35.5. The van der Waals surface area contributed by atoms with Crippen molar-refractivity contribution in [2.24, 2.45) is 0 Å². The van der Waals surface area contributed by atoms with Gasteiger partial charge in [-0.3, -0.25) is 9.79 Å². The predicted molar refractivity (Wildman–Crippen MR) is 48.5 cm³/mol. The first kappa shape index (κ1) is 10.3. The van der Waals surface area contributed by atoms with Gasteiger partial charge in [-0.15, -0.1) is 0 Å². The number of rotatable bonds is 2. The first-order chi connectivity index (χ1) is 5.88. The van der Waals surface area contributed by atoms with Crippen LogP contribution in [0.25, 0.3) is 0 Å². The van der Waals surface area contributed by atoms with Gasteiger partial charge in [0.2, 0.25) is 0 Å². The Bertz CT molecular complexity index is 364. The molecule has 0 fully saturated rings. The van der Waals surface area contributed by atoms with Gasteiger partial charge in [0.25, 0.3) is 0 Å². The second kappa shape index (κ2) is 3.55. The summed E-state index contributed by atoms with van der Waals surface area (Å²) in [4.78, 5) is 17.0. The number of phosphoric ester groups is 1. The highest BCUT2D eigenvalue weighted by Crippen LogP contribution is 2.41. The number of anilines is 1. The van der Waals surface area contributed by atoms with Crippen LogP contribution in [0.15, 0.2) is 18.2 Å². The van der Waals surface area contributed by atoms with Crippen molar-refractivity contribution in [1.82, 2.24) is 0 Å². The highest BCUT2D eigenvalue weighted by Gasteiger charge is 2.17. The molecule has 4 N–H and O–H groups in total. The van der Waals surface area contributed by atoms with Crippen LogP contribution >= 0.6 is 19.4 Å². The summed E-state index contributed by atoms with van der Waals surface area (Å²) in [7, 11) is -4.57. The van der Waals surface area contributed by atoms with Crippen molar-refractivity contribution >= 4 is 25.1 Å². The van der Waals surface area contributed by atoms with Crippen LogP contribution in [0.2, 0.25) is 5.02 Å². The molecule has 72 valence electrons. The van der Waals surface area contributed by atoms with Crippen LogP contribution in [-0.2, 0) is 4.57 Å². The van der Waals surface area contributed by atoms with Gasteiger partial charge in [0.05, 0.1) is 5.02 Å². The lowest BCUT2D eigenvalue weighted by Crippen LogP contribution is -1.92. The van der Waals surface area contributed by atoms with Gasteiger partial charge < -0.3 is 10.3 Å². The molecule has 0 aliphatic carbocycles. The van der Waals surface area contributed by atoms with Crippen LogP contribution in [0.1, 0.15) is 0 Å². The molecule has 5 nitrogen and oxygen atoms in total. The molecule has 1 aromatic rings. The summed E-state index contributed by atoms with van der Waals surface area (Å²) in [6, 6.07) is 4.12. The van der Waals surface area contributed by atoms with Gasteiger partial charge in [0.1, 0.15) is 0 Å². The van der Waals surface area contributed by atoms with Crippen molar-refractivity contribution in [2.45, 2.75) is 0 Å². The standard InChI is InChI=1S/C6H7ClNO4P/c7-5-2-1-4(8)3-6(5)12-13(9,10)11/h1-3H,8H2,(H2,9,10,11). The van der Waals surface area contributed by atoms with E-state index >= 15 is 0 Å². The van der Waals surface area contributed by atoms with E-state index in [9.17, 15) is 4.57 Å². The fourth-order valence-electron chi connectivity index (χ4n) is 0.718. The van der Waals surface area contributed by atoms with Gasteiger partial charge in [-0.05, 0) is 12.1 Å². The molecule has 0 aliphatic rings. The molecule has 0 saturated carbocycles. The molecule has 7 heteroatoms. The Labute approximate surface area is 79.3 Å². The van der Waals surface area contributed by atoms with Gasteiger partial charge >= 0.3 is 7.82 Å². The van der Waals surface area contributed by atoms with Crippen molar-refractivity contribution in [3.05, 3.63) is 23.2 Å². The van der Waals surface area contributed by atoms with Crippen LogP contribution < -0.4 is 10.3 Å². The summed E-state index contributed by atoms with van der Waals surface area (Å²) in [5, 5.41) is 0.0949. The third kappa shape index (κ3) is 3.24. The molecule has 0 aromatic heterocycles. The Morgan fingerprint density at radius 2 is 2.08 bits per heavy atom. The maximum atomic E-state index is 10.4. The number of nitrogen functional groups attached to an aromatic ring is 1. The topological polar surface area (TPSA) is 92.8 Å². The molecule has 0 spiro atoms. The zero-order chi connectivity index (χ0) is 10.1. The molecule has 0 heterocycles. The summed E-state index contributed by atoms with van der Waals surface area (Å²) in [6.45, 7) is 0. The Morgan fingerprint density at radius 1 is 1.46 bits per heavy atom. The zero-order valence-electron chi connectivity index (χ0n) is 6.35. The average Bonchev–Trinajstić information content (AvgIpc) is 1.94. The van der Waals surface area contributed by atoms with E-state index < -0.39 is 7.82 Å². The van der Waals surface area contributed by atoms with Crippen molar-refractivity contribution in [3.8, 4) is 5.75 Å². The summed E-state index contributed by atoms with van der Waals surface area (Å²) in [5.41, 5.74) is 5.67. The second-order valence-electron chi connectivity index (χ2n) is 2.27. The van der Waals surface area contributed by atoms with E-state index in [0.29, 0.717) is 5.69 Å². The van der Waals surface area contributed by atoms with Crippen molar-refractivity contribution < 1.29 is 18.9 Å². The van der Waals surface area contributed by atoms with Gasteiger partial charge in [-0.1, -0.05) is 11.6 Å². The number of hydrogen-bond donors (Lipinski definition) is 3. The molecule has 0 saturated heterocycles. The lowest BCUT2D eigenvalue weighted by Gasteiger charge is -2.08. The Hall–Kier alpha value is -0.740. The molecule has 0 radical (unpaired) electrons. The quantitative estimate of drug-likeness (QED) is 0.520. The number of phosphoric acid groups is 1. The fraction of sp³-hybridized carbons (Fsp3) is 0. The first-order valence-corrected chi connectivity index (χ1v) is 5.09. The molecule has 1 aromatic carbocycles. The summed E-state index contributed by atoms with van der Waals surface area (Å²) in [5.74, 6) is -0.130. The minimum absolute atomic E-state index is 0.0949. The van der Waals surface area contributed by atoms with Crippen molar-refractivity contribution in [2.75, 3.05) is 5.73 Å². The van der Waals surface area contributed by atoms with Crippen LogP contribution in [-0.4, -0.2) is 9.79 Å². The molecule has 0 amide bonds. The van der Waals surface area contributed by atoms with E-state index in [1.54, 1.807) is 0 Å². The SMILES string of the molecule is Nc1ccc(Cl)c(OP(=O)(O)O)c1. The highest BCUT2D eigenvalue weighted by molar-refractivity contribution is 7.46. The zero-order valence-corrected chi connectivity index (χ0v) is 8.00. The Kier molecular flexibility index (Phi) is 2.83. The monoisotopic (exact) mass is 223 g/mol. The fourth-order valence-corrected chi connectivity index (χ4v) is 1.34. The van der Waals surface area contributed by atoms with Gasteiger partial charge in [-0.2, -0.15) is 0 Å². The lowest BCUT2D eigenvalue weighted by atomic mass is 10.3. The summed E-state index contributed by atoms with van der Waals surface area (Å²) >= 11 is 5.58. The second-order valence-corrected chi connectivity index (χ2v) is 3.84. The normalized spacial score (nSPS) is 11.3. The number of halogens is 1. The molecule has 0 atom stereocenters. The average molecular weight is 224 g/mol. The molecule has 0 aliphatic heterocycles. The van der Waals surface area contributed by atoms with Crippen LogP contribution in [0.3, 0.4) is 0 Å². The van der Waals surface area contributed by atoms with Crippen LogP contribution in [0.4, 0.5) is 5.69 Å². The van der Waals surface area contributed by atoms with E-state index in [1.165, 1.54) is 18.2 Å². The van der Waals surface area contributed by atoms with Crippen LogP contribution in [0, 0.1) is 0 Å². The maximum Gasteiger partial charge on any atom is 0.524 e. The lowest BCUT2D eigenvalue weighted by molar-refractivity contribution is 0.283. The Balaban J connectivity index is 3.01. The van der Waals surface area contributed by atoms with Crippen molar-refractivity contribution in [3.63, 3.8) is 0 Å². The Morgan fingerprint density at radius 3 is 2.62 bits per heavy atom. The number of nitrogens with two attached hydrogens (primary N) is 1. The van der Waals surface area contributed by atoms with E-state index in [4.69, 9.17) is 27.1 Å². The van der Waals surface area contributed by atoms with Crippen molar-refractivity contribution in [1.29, 1.82) is 0 Å². The predicted octanol–water partition coefficient (Wildman–Crippen LogP) is 1.39.